The number of rotatable bonds is 5. The van der Waals surface area contributed by atoms with Crippen LogP contribution < -0.4 is 14.8 Å². The summed E-state index contributed by atoms with van der Waals surface area (Å²) < 4.78 is 49.5. The highest BCUT2D eigenvalue weighted by molar-refractivity contribution is 6.14. The lowest BCUT2D eigenvalue weighted by molar-refractivity contribution is -0.137. The van der Waals surface area contributed by atoms with Gasteiger partial charge in [0.2, 0.25) is 5.78 Å². The van der Waals surface area contributed by atoms with Crippen LogP contribution in [0, 0.1) is 11.8 Å². The molecule has 0 aliphatic carbocycles. The predicted octanol–water partition coefficient (Wildman–Crippen LogP) is 4.85. The van der Waals surface area contributed by atoms with Crippen LogP contribution >= 0.6 is 0 Å². The molecule has 1 amide bonds. The van der Waals surface area contributed by atoms with Gasteiger partial charge in [-0.25, -0.2) is 0 Å². The number of carbonyl (C=O) groups excluding carboxylic acids is 2. The average Bonchev–Trinajstić information content (AvgIpc) is 3.22. The second-order valence-electron chi connectivity index (χ2n) is 9.13. The van der Waals surface area contributed by atoms with E-state index in [9.17, 15) is 22.8 Å². The van der Waals surface area contributed by atoms with Crippen molar-refractivity contribution in [2.75, 3.05) is 26.2 Å². The molecule has 0 atom stereocenters. The second kappa shape index (κ2) is 11.1. The molecule has 2 aliphatic heterocycles. The fourth-order valence-corrected chi connectivity index (χ4v) is 4.19. The lowest BCUT2D eigenvalue weighted by Gasteiger charge is -2.31. The minimum absolute atomic E-state index is 0.0482. The fraction of sp³-hybridized carbons (Fsp3) is 0.357. The van der Waals surface area contributed by atoms with Crippen molar-refractivity contribution in [3.63, 3.8) is 0 Å². The second-order valence-corrected chi connectivity index (χ2v) is 9.13. The predicted molar refractivity (Wildman–Crippen MR) is 131 cm³/mol. The van der Waals surface area contributed by atoms with Crippen molar-refractivity contribution in [1.29, 1.82) is 0 Å². The Balaban J connectivity index is 1.21. The number of likely N-dealkylation sites (tertiary alicyclic amines) is 1. The molecule has 1 N–H and O–H groups in total. The maximum atomic E-state index is 12.7. The fourth-order valence-electron chi connectivity index (χ4n) is 4.19. The van der Waals surface area contributed by atoms with Crippen LogP contribution in [0.1, 0.15) is 53.0 Å². The number of alkyl halides is 3. The average molecular weight is 513 g/mol. The summed E-state index contributed by atoms with van der Waals surface area (Å²) in [5.41, 5.74) is 0.642. The Morgan fingerprint density at radius 3 is 2.46 bits per heavy atom. The number of nitrogens with zero attached hydrogens (tertiary/aromatic N) is 1. The zero-order valence-electron chi connectivity index (χ0n) is 20.6. The van der Waals surface area contributed by atoms with E-state index in [0.29, 0.717) is 29.4 Å². The van der Waals surface area contributed by atoms with Crippen LogP contribution in [0.15, 0.2) is 53.8 Å². The van der Waals surface area contributed by atoms with Crippen molar-refractivity contribution in [2.45, 2.75) is 38.9 Å². The molecule has 9 heteroatoms. The minimum Gasteiger partial charge on any atom is -0.480 e. The number of allylic oxidation sites excluding steroid dienone is 2. The van der Waals surface area contributed by atoms with Crippen LogP contribution in [-0.2, 0) is 6.18 Å². The van der Waals surface area contributed by atoms with E-state index in [-0.39, 0.29) is 29.9 Å². The van der Waals surface area contributed by atoms with Crippen LogP contribution in [0.4, 0.5) is 13.2 Å². The zero-order valence-corrected chi connectivity index (χ0v) is 20.6. The molecule has 0 saturated carbocycles. The van der Waals surface area contributed by atoms with Gasteiger partial charge in [0.15, 0.2) is 5.76 Å². The summed E-state index contributed by atoms with van der Waals surface area (Å²) in [6.45, 7) is 5.78. The van der Waals surface area contributed by atoms with E-state index in [0.717, 1.165) is 43.6 Å². The number of ketones is 1. The highest BCUT2D eigenvalue weighted by atomic mass is 19.4. The number of benzene rings is 2. The summed E-state index contributed by atoms with van der Waals surface area (Å²) in [4.78, 5) is 27.1. The first-order valence-corrected chi connectivity index (χ1v) is 12.0. The standard InChI is InChI=1S/C28H27F3N2O4/c1-18(2)26-25(34)24-22(6-5-7-23(24)37-26)36-17-4-3-14-33-15-12-21(13-16-33)32-27(35)19-8-10-20(11-9-19)28(29,30)31/h5-11,21H,12-17H2,1-2H3,(H,32,35). The van der Waals surface area contributed by atoms with Gasteiger partial charge in [-0.2, -0.15) is 13.2 Å². The molecule has 0 spiro atoms. The molecule has 2 aliphatic rings. The molecule has 37 heavy (non-hydrogen) atoms. The van der Waals surface area contributed by atoms with Crippen LogP contribution in [0.3, 0.4) is 0 Å². The minimum atomic E-state index is -4.43. The molecular formula is C28H27F3N2O4. The summed E-state index contributed by atoms with van der Waals surface area (Å²) in [5, 5.41) is 2.90. The van der Waals surface area contributed by atoms with Crippen molar-refractivity contribution >= 4 is 11.7 Å². The Bertz CT molecular complexity index is 1260. The summed E-state index contributed by atoms with van der Waals surface area (Å²) in [6.07, 6.45) is -2.99. The van der Waals surface area contributed by atoms with E-state index in [4.69, 9.17) is 9.47 Å². The lowest BCUT2D eigenvalue weighted by Crippen LogP contribution is -2.44. The normalized spacial score (nSPS) is 15.9. The number of fused-ring (bicyclic) bond motifs is 1. The third-order valence-electron chi connectivity index (χ3n) is 6.21. The third-order valence-corrected chi connectivity index (χ3v) is 6.21. The van der Waals surface area contributed by atoms with Gasteiger partial charge in [-0.3, -0.25) is 14.5 Å². The molecule has 1 fully saturated rings. The molecule has 2 heterocycles. The van der Waals surface area contributed by atoms with E-state index in [1.807, 2.05) is 13.8 Å². The maximum absolute atomic E-state index is 12.7. The Morgan fingerprint density at radius 2 is 1.81 bits per heavy atom. The highest BCUT2D eigenvalue weighted by Crippen LogP contribution is 2.38. The van der Waals surface area contributed by atoms with Gasteiger partial charge in [0.05, 0.1) is 12.1 Å². The number of hydrogen-bond donors (Lipinski definition) is 1. The number of carbonyl (C=O) groups is 2. The summed E-state index contributed by atoms with van der Waals surface area (Å²) >= 11 is 0. The Morgan fingerprint density at radius 1 is 1.11 bits per heavy atom. The summed E-state index contributed by atoms with van der Waals surface area (Å²) in [5.74, 6) is 6.74. The quantitative estimate of drug-likeness (QED) is 0.458. The summed E-state index contributed by atoms with van der Waals surface area (Å²) in [7, 11) is 0. The number of Topliss-reactive ketones (excluding diaryl/α,β-unsaturated/α-hetero) is 1. The molecular weight excluding hydrogens is 485 g/mol. The third kappa shape index (κ3) is 6.33. The van der Waals surface area contributed by atoms with Gasteiger partial charge in [-0.05, 0) is 68.7 Å². The zero-order chi connectivity index (χ0) is 26.6. The molecule has 194 valence electrons. The van der Waals surface area contributed by atoms with E-state index < -0.39 is 11.7 Å². The van der Waals surface area contributed by atoms with Gasteiger partial charge < -0.3 is 14.8 Å². The number of piperidine rings is 1. The number of halogens is 3. The first-order chi connectivity index (χ1) is 17.6. The largest absolute Gasteiger partial charge is 0.480 e. The molecule has 1 saturated heterocycles. The monoisotopic (exact) mass is 512 g/mol. The first kappa shape index (κ1) is 26.3. The molecule has 4 rings (SSSR count). The molecule has 0 radical (unpaired) electrons. The smallest absolute Gasteiger partial charge is 0.416 e. The summed E-state index contributed by atoms with van der Waals surface area (Å²) in [6, 6.07) is 9.39. The number of amides is 1. The van der Waals surface area contributed by atoms with Gasteiger partial charge >= 0.3 is 6.18 Å². The Hall–Kier alpha value is -3.77. The first-order valence-electron chi connectivity index (χ1n) is 12.0. The van der Waals surface area contributed by atoms with Crippen molar-refractivity contribution in [3.8, 4) is 23.3 Å². The van der Waals surface area contributed by atoms with Crippen LogP contribution in [-0.4, -0.2) is 48.9 Å². The van der Waals surface area contributed by atoms with E-state index in [1.54, 1.807) is 18.2 Å². The van der Waals surface area contributed by atoms with Crippen molar-refractivity contribution in [3.05, 3.63) is 70.5 Å². The Labute approximate surface area is 213 Å². The van der Waals surface area contributed by atoms with Gasteiger partial charge in [-0.15, -0.1) is 0 Å². The van der Waals surface area contributed by atoms with Gasteiger partial charge in [-0.1, -0.05) is 17.9 Å². The molecule has 2 aromatic rings. The Kier molecular flexibility index (Phi) is 7.89. The SMILES string of the molecule is CC(C)=C1Oc2cccc(OCC#CCN3CCC(NC(=O)c4ccc(C(F)(F)F)cc4)CC3)c2C1=O. The highest BCUT2D eigenvalue weighted by Gasteiger charge is 2.32. The van der Waals surface area contributed by atoms with Crippen LogP contribution in [0.5, 0.6) is 11.5 Å². The van der Waals surface area contributed by atoms with Crippen molar-refractivity contribution < 1.29 is 32.2 Å². The van der Waals surface area contributed by atoms with Gasteiger partial charge in [0, 0.05) is 24.7 Å². The van der Waals surface area contributed by atoms with Gasteiger partial charge in [0.1, 0.15) is 23.7 Å². The maximum Gasteiger partial charge on any atom is 0.416 e. The van der Waals surface area contributed by atoms with Crippen molar-refractivity contribution in [1.82, 2.24) is 10.2 Å². The molecule has 6 nitrogen and oxygen atoms in total. The molecule has 2 aromatic carbocycles. The number of nitrogens with one attached hydrogen (secondary N) is 1. The van der Waals surface area contributed by atoms with E-state index in [1.165, 1.54) is 12.1 Å². The topological polar surface area (TPSA) is 67.9 Å². The van der Waals surface area contributed by atoms with Crippen LogP contribution in [0.25, 0.3) is 0 Å². The number of ether oxygens (including phenoxy) is 2. The molecule has 0 aromatic heterocycles. The molecule has 0 unspecified atom stereocenters. The van der Waals surface area contributed by atoms with Crippen LogP contribution in [0.2, 0.25) is 0 Å². The lowest BCUT2D eigenvalue weighted by atomic mass is 10.0. The van der Waals surface area contributed by atoms with Gasteiger partial charge in [0.25, 0.3) is 5.91 Å². The van der Waals surface area contributed by atoms with E-state index in [2.05, 4.69) is 22.1 Å². The molecule has 0 bridgehead atoms. The van der Waals surface area contributed by atoms with E-state index >= 15 is 0 Å². The van der Waals surface area contributed by atoms with Crippen molar-refractivity contribution in [2.24, 2.45) is 0 Å². The number of hydrogen-bond acceptors (Lipinski definition) is 5.